The van der Waals surface area contributed by atoms with Crippen molar-refractivity contribution in [3.8, 4) is 0 Å². The summed E-state index contributed by atoms with van der Waals surface area (Å²) in [5.74, 6) is 0.0585. The average molecular weight is 425 g/mol. The van der Waals surface area contributed by atoms with E-state index in [1.807, 2.05) is 39.0 Å². The van der Waals surface area contributed by atoms with Gasteiger partial charge in [0.05, 0.1) is 12.2 Å². The fourth-order valence-electron chi connectivity index (χ4n) is 2.23. The molecule has 0 unspecified atom stereocenters. The van der Waals surface area contributed by atoms with E-state index in [2.05, 4.69) is 22.2 Å². The number of amides is 1. The number of ether oxygens (including phenoxy) is 2. The minimum atomic E-state index is -0.741. The fraction of sp³-hybridized carbons (Fsp3) is 0.636. The van der Waals surface area contributed by atoms with Crippen LogP contribution in [0.25, 0.3) is 0 Å². The Kier molecular flexibility index (Phi) is 10.2. The maximum absolute atomic E-state index is 12.7. The first-order chi connectivity index (χ1) is 13.4. The average Bonchev–Trinajstić information content (AvgIpc) is 2.59. The van der Waals surface area contributed by atoms with E-state index >= 15 is 0 Å². The van der Waals surface area contributed by atoms with Crippen molar-refractivity contribution in [3.63, 3.8) is 0 Å². The molecule has 7 heteroatoms. The Morgan fingerprint density at radius 2 is 1.66 bits per heavy atom. The van der Waals surface area contributed by atoms with Crippen molar-refractivity contribution in [3.05, 3.63) is 35.9 Å². The largest absolute Gasteiger partial charge is 0.458 e. The van der Waals surface area contributed by atoms with Crippen molar-refractivity contribution >= 4 is 23.8 Å². The van der Waals surface area contributed by atoms with E-state index in [-0.39, 0.29) is 18.1 Å². The third kappa shape index (κ3) is 11.9. The van der Waals surface area contributed by atoms with E-state index in [1.54, 1.807) is 27.7 Å². The molecule has 6 nitrogen and oxygen atoms in total. The molecule has 1 aromatic carbocycles. The van der Waals surface area contributed by atoms with Gasteiger partial charge in [0, 0.05) is 5.75 Å². The summed E-state index contributed by atoms with van der Waals surface area (Å²) < 4.78 is 14.3. The molecular weight excluding hydrogens is 388 g/mol. The molecule has 2 atom stereocenters. The molecule has 0 bridgehead atoms. The highest BCUT2D eigenvalue weighted by molar-refractivity contribution is 7.97. The van der Waals surface area contributed by atoms with Gasteiger partial charge in [0.25, 0.3) is 0 Å². The topological polar surface area (TPSA) is 76.7 Å². The third-order valence-corrected chi connectivity index (χ3v) is 4.54. The Hall–Kier alpha value is -1.57. The number of rotatable bonds is 10. The Bertz CT molecular complexity index is 638. The van der Waals surface area contributed by atoms with E-state index in [0.29, 0.717) is 0 Å². The Labute approximate surface area is 179 Å². The van der Waals surface area contributed by atoms with E-state index in [9.17, 15) is 9.59 Å². The van der Waals surface area contributed by atoms with Gasteiger partial charge in [-0.15, -0.1) is 0 Å². The lowest BCUT2D eigenvalue weighted by Crippen LogP contribution is -2.51. The molecule has 0 aliphatic carbocycles. The van der Waals surface area contributed by atoms with Crippen molar-refractivity contribution in [2.45, 2.75) is 78.2 Å². The summed E-state index contributed by atoms with van der Waals surface area (Å²) in [5.41, 5.74) is 0.273. The monoisotopic (exact) mass is 424 g/mol. The number of esters is 1. The number of carbonyl (C=O) groups excluding carboxylic acids is 2. The maximum atomic E-state index is 12.7. The van der Waals surface area contributed by atoms with Crippen molar-refractivity contribution < 1.29 is 19.1 Å². The van der Waals surface area contributed by atoms with Gasteiger partial charge in [0.15, 0.2) is 0 Å². The highest BCUT2D eigenvalue weighted by Crippen LogP contribution is 2.11. The van der Waals surface area contributed by atoms with Gasteiger partial charge in [-0.1, -0.05) is 42.3 Å². The van der Waals surface area contributed by atoms with Crippen LogP contribution in [-0.2, 0) is 25.5 Å². The van der Waals surface area contributed by atoms with Gasteiger partial charge < -0.3 is 14.8 Å². The second kappa shape index (κ2) is 11.6. The Balaban J connectivity index is 2.59. The van der Waals surface area contributed by atoms with Gasteiger partial charge >= 0.3 is 5.97 Å². The quantitative estimate of drug-likeness (QED) is 0.340. The predicted molar refractivity (Wildman–Crippen MR) is 119 cm³/mol. The van der Waals surface area contributed by atoms with E-state index in [1.165, 1.54) is 17.5 Å². The Morgan fingerprint density at radius 1 is 1.03 bits per heavy atom. The second-order valence-electron chi connectivity index (χ2n) is 8.94. The standard InChI is InChI=1S/C22H36N2O4S/c1-16(20(26)28-22(5,6)7)23-19(25)18(15-27-21(2,3)4)24-29-14-13-17-11-9-8-10-12-17/h8-12,16,18,24H,13-15H2,1-7H3,(H,23,25)/t16-,18+/m0/s1. The minimum absolute atomic E-state index is 0.203. The van der Waals surface area contributed by atoms with E-state index in [4.69, 9.17) is 9.47 Å². The fourth-order valence-corrected chi connectivity index (χ4v) is 3.06. The maximum Gasteiger partial charge on any atom is 0.328 e. The lowest BCUT2D eigenvalue weighted by Gasteiger charge is -2.26. The summed E-state index contributed by atoms with van der Waals surface area (Å²) in [4.78, 5) is 24.9. The molecule has 164 valence electrons. The van der Waals surface area contributed by atoms with E-state index in [0.717, 1.165) is 12.2 Å². The molecule has 0 saturated heterocycles. The molecular formula is C22H36N2O4S. The SMILES string of the molecule is C[C@H](NC(=O)[C@@H](COC(C)(C)C)NSCCc1ccccc1)C(=O)OC(C)(C)C. The number of benzene rings is 1. The molecule has 0 heterocycles. The normalized spacial score (nSPS) is 14.2. The van der Waals surface area contributed by atoms with Crippen molar-refractivity contribution in [2.24, 2.45) is 0 Å². The van der Waals surface area contributed by atoms with Crippen LogP contribution in [0.2, 0.25) is 0 Å². The summed E-state index contributed by atoms with van der Waals surface area (Å²) >= 11 is 1.47. The number of nitrogens with one attached hydrogen (secondary N) is 2. The van der Waals surface area contributed by atoms with Crippen LogP contribution in [0.1, 0.15) is 54.0 Å². The second-order valence-corrected chi connectivity index (χ2v) is 9.87. The smallest absolute Gasteiger partial charge is 0.328 e. The van der Waals surface area contributed by atoms with Crippen LogP contribution in [0.3, 0.4) is 0 Å². The van der Waals surface area contributed by atoms with Crippen LogP contribution in [0.4, 0.5) is 0 Å². The van der Waals surface area contributed by atoms with Crippen LogP contribution in [0.5, 0.6) is 0 Å². The third-order valence-electron chi connectivity index (χ3n) is 3.68. The van der Waals surface area contributed by atoms with Crippen molar-refractivity contribution in [2.75, 3.05) is 12.4 Å². The summed E-state index contributed by atoms with van der Waals surface area (Å²) in [7, 11) is 0. The Morgan fingerprint density at radius 3 is 2.21 bits per heavy atom. The highest BCUT2D eigenvalue weighted by Gasteiger charge is 2.27. The molecule has 0 fully saturated rings. The van der Waals surface area contributed by atoms with Gasteiger partial charge in [-0.2, -0.15) is 0 Å². The molecule has 0 aliphatic rings. The highest BCUT2D eigenvalue weighted by atomic mass is 32.2. The van der Waals surface area contributed by atoms with Gasteiger partial charge in [0.2, 0.25) is 5.91 Å². The van der Waals surface area contributed by atoms with Crippen molar-refractivity contribution in [1.82, 2.24) is 10.0 Å². The number of aryl methyl sites for hydroxylation is 1. The van der Waals surface area contributed by atoms with E-state index < -0.39 is 23.7 Å². The number of carbonyl (C=O) groups is 2. The molecule has 1 amide bonds. The molecule has 0 spiro atoms. The molecule has 0 saturated carbocycles. The predicted octanol–water partition coefficient (Wildman–Crippen LogP) is 3.50. The minimum Gasteiger partial charge on any atom is -0.458 e. The van der Waals surface area contributed by atoms with Gasteiger partial charge in [0.1, 0.15) is 17.7 Å². The molecule has 2 N–H and O–H groups in total. The number of hydrogen-bond acceptors (Lipinski definition) is 6. The molecule has 0 radical (unpaired) electrons. The first-order valence-electron chi connectivity index (χ1n) is 9.96. The zero-order valence-electron chi connectivity index (χ0n) is 18.7. The first kappa shape index (κ1) is 25.5. The van der Waals surface area contributed by atoms with Gasteiger partial charge in [-0.25, -0.2) is 9.52 Å². The van der Waals surface area contributed by atoms with Crippen molar-refractivity contribution in [1.29, 1.82) is 0 Å². The summed E-state index contributed by atoms with van der Waals surface area (Å²) in [5, 5.41) is 2.73. The van der Waals surface area contributed by atoms with Gasteiger partial charge in [-0.05, 0) is 60.5 Å². The lowest BCUT2D eigenvalue weighted by molar-refractivity contribution is -0.158. The molecule has 0 aliphatic heterocycles. The van der Waals surface area contributed by atoms with Crippen LogP contribution in [0, 0.1) is 0 Å². The summed E-state index contributed by atoms with van der Waals surface area (Å²) in [6, 6.07) is 8.85. The number of hydrogen-bond donors (Lipinski definition) is 2. The van der Waals surface area contributed by atoms with Crippen LogP contribution >= 0.6 is 11.9 Å². The van der Waals surface area contributed by atoms with Gasteiger partial charge in [-0.3, -0.25) is 4.79 Å². The molecule has 0 aromatic heterocycles. The van der Waals surface area contributed by atoms with Crippen LogP contribution < -0.4 is 10.0 Å². The molecule has 1 aromatic rings. The van der Waals surface area contributed by atoms with Crippen LogP contribution in [-0.4, -0.2) is 47.5 Å². The first-order valence-corrected chi connectivity index (χ1v) is 10.9. The molecule has 1 rings (SSSR count). The van der Waals surface area contributed by atoms with Crippen LogP contribution in [0.15, 0.2) is 30.3 Å². The lowest BCUT2D eigenvalue weighted by atomic mass is 10.2. The summed E-state index contributed by atoms with van der Waals surface area (Å²) in [6.45, 7) is 13.0. The zero-order valence-corrected chi connectivity index (χ0v) is 19.5. The zero-order chi connectivity index (χ0) is 22.1. The molecule has 29 heavy (non-hydrogen) atoms. The summed E-state index contributed by atoms with van der Waals surface area (Å²) in [6.07, 6.45) is 0.890.